The molecule has 12 unspecified atom stereocenters. The molecule has 8 aliphatic rings. The van der Waals surface area contributed by atoms with Gasteiger partial charge in [-0.25, -0.2) is 0 Å². The maximum Gasteiger partial charge on any atom is 0.0517 e. The number of rotatable bonds is 2. The highest BCUT2D eigenvalue weighted by atomic mass is 15.4. The summed E-state index contributed by atoms with van der Waals surface area (Å²) in [4.78, 5) is 6.54. The molecule has 2 heterocycles. The van der Waals surface area contributed by atoms with Crippen molar-refractivity contribution >= 4 is 0 Å². The predicted octanol–water partition coefficient (Wildman–Crippen LogP) is 7.08. The van der Waals surface area contributed by atoms with Gasteiger partial charge in [-0.15, -0.1) is 0 Å². The molecule has 2 heteroatoms. The lowest BCUT2D eigenvalue weighted by molar-refractivity contribution is -0.00578. The number of hydrogen-bond acceptors (Lipinski definition) is 2. The van der Waals surface area contributed by atoms with Gasteiger partial charge in [0.2, 0.25) is 0 Å². The molecule has 6 aliphatic carbocycles. The van der Waals surface area contributed by atoms with Crippen molar-refractivity contribution in [2.45, 2.75) is 140 Å². The Labute approximate surface area is 203 Å². The number of hydrogen-bond donors (Lipinski definition) is 0. The van der Waals surface area contributed by atoms with Crippen LogP contribution in [0.3, 0.4) is 0 Å². The minimum absolute atomic E-state index is 0.960. The van der Waals surface area contributed by atoms with Crippen LogP contribution < -0.4 is 0 Å². The first kappa shape index (κ1) is 21.0. The summed E-state index contributed by atoms with van der Waals surface area (Å²) in [6.45, 7) is 1.40. The van der Waals surface area contributed by atoms with Crippen LogP contribution >= 0.6 is 0 Å². The van der Waals surface area contributed by atoms with Crippen molar-refractivity contribution < 1.29 is 0 Å². The second-order valence-corrected chi connectivity index (χ2v) is 14.4. The van der Waals surface area contributed by atoms with Crippen LogP contribution in [-0.4, -0.2) is 40.6 Å². The van der Waals surface area contributed by atoms with Gasteiger partial charge in [-0.3, -0.25) is 9.80 Å². The predicted molar refractivity (Wildman–Crippen MR) is 135 cm³/mol. The SMILES string of the molecule is C1CCC2C(C1)CC1C3CCCCC3N(CN3C4CCCCC4C4CC5CCCCC5C43)C21. The first-order valence-corrected chi connectivity index (χ1v) is 15.9. The van der Waals surface area contributed by atoms with E-state index in [-0.39, 0.29) is 0 Å². The zero-order valence-electron chi connectivity index (χ0n) is 21.3. The maximum absolute atomic E-state index is 3.27. The summed E-state index contributed by atoms with van der Waals surface area (Å²) in [6.07, 6.45) is 28.0. The van der Waals surface area contributed by atoms with E-state index in [0.717, 1.165) is 71.5 Å². The van der Waals surface area contributed by atoms with Crippen LogP contribution in [0.2, 0.25) is 0 Å². The van der Waals surface area contributed by atoms with Crippen LogP contribution in [0, 0.1) is 47.3 Å². The first-order valence-electron chi connectivity index (χ1n) is 15.9. The van der Waals surface area contributed by atoms with E-state index in [1.54, 1.807) is 51.4 Å². The molecular weight excluding hydrogens is 400 g/mol. The average molecular weight is 451 g/mol. The Bertz CT molecular complexity index is 670. The molecule has 6 saturated carbocycles. The molecule has 0 aromatic carbocycles. The molecule has 0 amide bonds. The van der Waals surface area contributed by atoms with Gasteiger partial charge in [-0.2, -0.15) is 0 Å². The third kappa shape index (κ3) is 3.11. The van der Waals surface area contributed by atoms with Gasteiger partial charge in [0.25, 0.3) is 0 Å². The minimum atomic E-state index is 0.960. The van der Waals surface area contributed by atoms with E-state index < -0.39 is 0 Å². The smallest absolute Gasteiger partial charge is 0.0517 e. The maximum atomic E-state index is 3.27. The van der Waals surface area contributed by atoms with E-state index >= 15 is 0 Å². The van der Waals surface area contributed by atoms with E-state index in [1.807, 2.05) is 0 Å². The van der Waals surface area contributed by atoms with Crippen molar-refractivity contribution in [1.82, 2.24) is 9.80 Å². The van der Waals surface area contributed by atoms with Gasteiger partial charge in [0.05, 0.1) is 6.67 Å². The molecule has 0 N–H and O–H groups in total. The van der Waals surface area contributed by atoms with Crippen molar-refractivity contribution in [2.24, 2.45) is 47.3 Å². The van der Waals surface area contributed by atoms with E-state index in [2.05, 4.69) is 9.80 Å². The molecule has 2 nitrogen and oxygen atoms in total. The Hall–Kier alpha value is -0.0800. The molecule has 2 aliphatic heterocycles. The normalized spacial score (nSPS) is 56.0. The van der Waals surface area contributed by atoms with E-state index in [0.29, 0.717) is 0 Å². The molecule has 2 saturated heterocycles. The van der Waals surface area contributed by atoms with Crippen molar-refractivity contribution in [3.05, 3.63) is 0 Å². The molecule has 184 valence electrons. The molecule has 33 heavy (non-hydrogen) atoms. The summed E-state index contributed by atoms with van der Waals surface area (Å²) in [5.41, 5.74) is 0. The highest BCUT2D eigenvalue weighted by molar-refractivity contribution is 5.13. The van der Waals surface area contributed by atoms with Crippen molar-refractivity contribution in [2.75, 3.05) is 6.67 Å². The molecule has 0 spiro atoms. The molecule has 8 fully saturated rings. The summed E-state index contributed by atoms with van der Waals surface area (Å²) in [5.74, 6) is 8.64. The fourth-order valence-corrected chi connectivity index (χ4v) is 12.5. The average Bonchev–Trinajstić information content (AvgIpc) is 3.58. The van der Waals surface area contributed by atoms with Gasteiger partial charge in [-0.1, -0.05) is 64.2 Å². The van der Waals surface area contributed by atoms with Gasteiger partial charge in [-0.05, 0) is 98.7 Å². The zero-order valence-corrected chi connectivity index (χ0v) is 21.3. The summed E-state index contributed by atoms with van der Waals surface area (Å²) in [5, 5.41) is 0. The van der Waals surface area contributed by atoms with Crippen molar-refractivity contribution in [3.63, 3.8) is 0 Å². The number of likely N-dealkylation sites (tertiary alicyclic amines) is 2. The summed E-state index contributed by atoms with van der Waals surface area (Å²) in [7, 11) is 0. The fourth-order valence-electron chi connectivity index (χ4n) is 12.5. The number of nitrogens with zero attached hydrogens (tertiary/aromatic N) is 2. The second-order valence-electron chi connectivity index (χ2n) is 14.4. The minimum Gasteiger partial charge on any atom is -0.284 e. The third-order valence-electron chi connectivity index (χ3n) is 13.4. The van der Waals surface area contributed by atoms with Crippen LogP contribution in [0.25, 0.3) is 0 Å². The van der Waals surface area contributed by atoms with E-state index in [1.165, 1.54) is 70.9 Å². The Kier molecular flexibility index (Phi) is 5.24. The molecular formula is C31H50N2. The third-order valence-corrected chi connectivity index (χ3v) is 13.4. The highest BCUT2D eigenvalue weighted by Crippen LogP contribution is 2.60. The van der Waals surface area contributed by atoms with Gasteiger partial charge in [0, 0.05) is 24.2 Å². The summed E-state index contributed by atoms with van der Waals surface area (Å²) in [6, 6.07) is 3.88. The van der Waals surface area contributed by atoms with Crippen LogP contribution in [-0.2, 0) is 0 Å². The van der Waals surface area contributed by atoms with Crippen LogP contribution in [0.15, 0.2) is 0 Å². The quantitative estimate of drug-likeness (QED) is 0.443. The molecule has 0 aromatic heterocycles. The summed E-state index contributed by atoms with van der Waals surface area (Å²) >= 11 is 0. The van der Waals surface area contributed by atoms with Gasteiger partial charge < -0.3 is 0 Å². The molecule has 12 atom stereocenters. The molecule has 0 aromatic rings. The van der Waals surface area contributed by atoms with E-state index in [4.69, 9.17) is 0 Å². The van der Waals surface area contributed by atoms with Crippen LogP contribution in [0.5, 0.6) is 0 Å². The molecule has 0 radical (unpaired) electrons. The van der Waals surface area contributed by atoms with E-state index in [9.17, 15) is 0 Å². The van der Waals surface area contributed by atoms with Gasteiger partial charge in [0.1, 0.15) is 0 Å². The topological polar surface area (TPSA) is 6.48 Å². The van der Waals surface area contributed by atoms with Gasteiger partial charge in [0.15, 0.2) is 0 Å². The summed E-state index contributed by atoms with van der Waals surface area (Å²) < 4.78 is 0. The highest BCUT2D eigenvalue weighted by Gasteiger charge is 2.61. The lowest BCUT2D eigenvalue weighted by Crippen LogP contribution is -2.53. The standard InChI is InChI=1S/C31H50N2/c1-3-11-22-20(9-1)17-26-24-13-5-7-15-28(24)32(30(22)26)19-33-29-16-8-6-14-25(29)27-18-21-10-2-4-12-23(21)31(27)33/h20-31H,1-19H2. The molecule has 0 bridgehead atoms. The Morgan fingerprint density at radius 1 is 0.394 bits per heavy atom. The van der Waals surface area contributed by atoms with Crippen LogP contribution in [0.4, 0.5) is 0 Å². The fraction of sp³-hybridized carbons (Fsp3) is 1.00. The monoisotopic (exact) mass is 450 g/mol. The zero-order chi connectivity index (χ0) is 21.5. The Morgan fingerprint density at radius 3 is 1.27 bits per heavy atom. The Morgan fingerprint density at radius 2 is 0.788 bits per heavy atom. The van der Waals surface area contributed by atoms with Crippen molar-refractivity contribution in [1.29, 1.82) is 0 Å². The largest absolute Gasteiger partial charge is 0.284 e. The Balaban J connectivity index is 1.13. The van der Waals surface area contributed by atoms with Crippen LogP contribution in [0.1, 0.15) is 116 Å². The second kappa shape index (κ2) is 8.22. The van der Waals surface area contributed by atoms with Crippen molar-refractivity contribution in [3.8, 4) is 0 Å². The van der Waals surface area contributed by atoms with Gasteiger partial charge >= 0.3 is 0 Å². The molecule has 8 rings (SSSR count). The lowest BCUT2D eigenvalue weighted by Gasteiger charge is -2.45. The number of fused-ring (bicyclic) bond motifs is 10. The first-order chi connectivity index (χ1) is 16.4. The lowest BCUT2D eigenvalue weighted by atomic mass is 9.77.